The number of phosphoric ester groups is 1. The Morgan fingerprint density at radius 2 is 1.73 bits per heavy atom. The van der Waals surface area contributed by atoms with Gasteiger partial charge in [-0.15, -0.1) is 6.58 Å². The average Bonchev–Trinajstić information content (AvgIpc) is 3.77. The number of phosphoric acid groups is 1. The molecule has 0 aliphatic carbocycles. The molecule has 20 heteroatoms. The summed E-state index contributed by atoms with van der Waals surface area (Å²) in [6, 6.07) is -6.57. The fraction of sp³-hybridized carbons (Fsp3) is 0.656. The molecule has 1 aromatic rings. The molecule has 0 bridgehead atoms. The summed E-state index contributed by atoms with van der Waals surface area (Å²) in [5, 5.41) is 19.9. The van der Waals surface area contributed by atoms with Crippen LogP contribution in [0.2, 0.25) is 0 Å². The van der Waals surface area contributed by atoms with E-state index in [-0.39, 0.29) is 31.3 Å². The molecule has 0 spiro atoms. The molecule has 9 N–H and O–H groups in total. The summed E-state index contributed by atoms with van der Waals surface area (Å²) in [6.45, 7) is 9.15. The van der Waals surface area contributed by atoms with Gasteiger partial charge in [-0.2, -0.15) is 0 Å². The predicted octanol–water partition coefficient (Wildman–Crippen LogP) is -0.696. The monoisotopic (exact) mass is 756 g/mol. The Bertz CT molecular complexity index is 1430. The highest BCUT2D eigenvalue weighted by Gasteiger charge is 2.37. The first kappa shape index (κ1) is 44.0. The minimum absolute atomic E-state index is 0.0656. The van der Waals surface area contributed by atoms with Crippen LogP contribution in [0.15, 0.2) is 25.2 Å². The maximum Gasteiger partial charge on any atom is 0.472 e. The SMILES string of the molecule is C=CCCCCOP(=O)(O)O[C@H](C)[C@H](NC(=O)[C@H](CO)NC(=O)[C@H](Cc1cnc[nH]1)NC(=O)[C@H](CC(C)C)NC(=O)C1CCCN1C(C)=O)C(N)=O. The molecule has 292 valence electrons. The van der Waals surface area contributed by atoms with Crippen molar-refractivity contribution in [2.45, 2.75) is 109 Å². The number of carbonyl (C=O) groups excluding carboxylic acids is 6. The topological polar surface area (TPSA) is 284 Å². The molecule has 1 aromatic heterocycles. The number of nitrogens with zero attached hydrogens (tertiary/aromatic N) is 2. The maximum atomic E-state index is 13.6. The number of unbranched alkanes of at least 4 members (excludes halogenated alkanes) is 2. The van der Waals surface area contributed by atoms with Crippen LogP contribution in [0.4, 0.5) is 0 Å². The second kappa shape index (κ2) is 21.4. The van der Waals surface area contributed by atoms with Crippen LogP contribution in [0.1, 0.15) is 71.9 Å². The molecule has 0 saturated carbocycles. The number of nitrogens with one attached hydrogen (secondary N) is 5. The van der Waals surface area contributed by atoms with Gasteiger partial charge in [-0.3, -0.25) is 37.8 Å². The molecule has 6 amide bonds. The van der Waals surface area contributed by atoms with Crippen molar-refractivity contribution >= 4 is 43.3 Å². The van der Waals surface area contributed by atoms with E-state index in [1.807, 2.05) is 13.8 Å². The third-order valence-electron chi connectivity index (χ3n) is 8.16. The van der Waals surface area contributed by atoms with Gasteiger partial charge in [-0.25, -0.2) is 9.55 Å². The van der Waals surface area contributed by atoms with E-state index < -0.39 is 80.3 Å². The number of rotatable bonds is 23. The molecule has 1 aliphatic heterocycles. The van der Waals surface area contributed by atoms with Gasteiger partial charge in [0.15, 0.2) is 0 Å². The minimum Gasteiger partial charge on any atom is -0.394 e. The summed E-state index contributed by atoms with van der Waals surface area (Å²) in [6.07, 6.45) is 5.83. The van der Waals surface area contributed by atoms with Crippen LogP contribution in [0, 0.1) is 5.92 Å². The minimum atomic E-state index is -4.68. The van der Waals surface area contributed by atoms with Gasteiger partial charge in [0.25, 0.3) is 0 Å². The van der Waals surface area contributed by atoms with Crippen molar-refractivity contribution in [3.8, 4) is 0 Å². The average molecular weight is 757 g/mol. The van der Waals surface area contributed by atoms with Crippen molar-refractivity contribution in [2.24, 2.45) is 11.7 Å². The zero-order valence-electron chi connectivity index (χ0n) is 30.0. The Balaban J connectivity index is 2.18. The molecule has 1 aliphatic rings. The van der Waals surface area contributed by atoms with E-state index in [1.165, 1.54) is 31.3 Å². The highest BCUT2D eigenvalue weighted by molar-refractivity contribution is 7.47. The van der Waals surface area contributed by atoms with E-state index in [1.54, 1.807) is 6.08 Å². The molecule has 0 radical (unpaired) electrons. The van der Waals surface area contributed by atoms with Crippen molar-refractivity contribution in [3.05, 3.63) is 30.9 Å². The molecule has 0 aromatic carbocycles. The standard InChI is InChI=1S/C32H53N8O11P/c1-6-7-8-9-13-50-52(48,49)51-20(4)27(28(33)43)39-31(46)25(17-41)38-30(45)24(15-22-16-34-18-35-22)36-29(44)23(14-19(2)3)37-32(47)26-11-10-12-40(26)21(5)42/h6,16,18-20,23-27,41H,1,7-15,17H2,2-5H3,(H2,33,43)(H,34,35)(H,36,44)(H,37,47)(H,38,45)(H,39,46)(H,48,49)/t20-,23+,24+,25+,26?,27+/m1/s1. The van der Waals surface area contributed by atoms with Gasteiger partial charge < -0.3 is 46.9 Å². The van der Waals surface area contributed by atoms with Crippen LogP contribution >= 0.6 is 7.82 Å². The number of amides is 6. The Hall–Kier alpha value is -4.16. The molecule has 7 atom stereocenters. The van der Waals surface area contributed by atoms with Crippen LogP contribution in [-0.4, -0.2) is 116 Å². The van der Waals surface area contributed by atoms with Gasteiger partial charge >= 0.3 is 7.82 Å². The lowest BCUT2D eigenvalue weighted by Gasteiger charge is -2.28. The number of likely N-dealkylation sites (tertiary alicyclic amines) is 1. The molecule has 2 rings (SSSR count). The van der Waals surface area contributed by atoms with Gasteiger partial charge in [0, 0.05) is 31.8 Å². The fourth-order valence-corrected chi connectivity index (χ4v) is 6.46. The number of hydrogen-bond acceptors (Lipinski definition) is 11. The first-order valence-electron chi connectivity index (χ1n) is 17.1. The van der Waals surface area contributed by atoms with Gasteiger partial charge in [0.2, 0.25) is 35.4 Å². The highest BCUT2D eigenvalue weighted by Crippen LogP contribution is 2.45. The predicted molar refractivity (Wildman–Crippen MR) is 187 cm³/mol. The number of allylic oxidation sites excluding steroid dienone is 1. The smallest absolute Gasteiger partial charge is 0.394 e. The lowest BCUT2D eigenvalue weighted by Crippen LogP contribution is -2.61. The Kier molecular flexibility index (Phi) is 18.1. The first-order valence-corrected chi connectivity index (χ1v) is 18.6. The first-order chi connectivity index (χ1) is 24.5. The molecule has 2 unspecified atom stereocenters. The van der Waals surface area contributed by atoms with Crippen molar-refractivity contribution in [2.75, 3.05) is 19.8 Å². The molecule has 1 saturated heterocycles. The number of nitrogens with two attached hydrogens (primary N) is 1. The van der Waals surface area contributed by atoms with Crippen LogP contribution in [0.3, 0.4) is 0 Å². The highest BCUT2D eigenvalue weighted by atomic mass is 31.2. The van der Waals surface area contributed by atoms with E-state index in [0.717, 1.165) is 0 Å². The Labute approximate surface area is 302 Å². The number of hydrogen-bond donors (Lipinski definition) is 8. The van der Waals surface area contributed by atoms with Gasteiger partial charge in [0.1, 0.15) is 30.2 Å². The van der Waals surface area contributed by atoms with Crippen molar-refractivity contribution in [1.82, 2.24) is 36.1 Å². The van der Waals surface area contributed by atoms with Gasteiger partial charge in [-0.05, 0) is 51.4 Å². The number of primary amides is 1. The fourth-order valence-electron chi connectivity index (χ4n) is 5.50. The second-order valence-corrected chi connectivity index (χ2v) is 14.3. The summed E-state index contributed by atoms with van der Waals surface area (Å²) in [7, 11) is -4.68. The van der Waals surface area contributed by atoms with Crippen molar-refractivity contribution in [3.63, 3.8) is 0 Å². The lowest BCUT2D eigenvalue weighted by molar-refractivity contribution is -0.139. The molecular weight excluding hydrogens is 703 g/mol. The molecule has 19 nitrogen and oxygen atoms in total. The van der Waals surface area contributed by atoms with Crippen LogP contribution in [0.25, 0.3) is 0 Å². The Morgan fingerprint density at radius 1 is 1.08 bits per heavy atom. The normalized spacial score (nSPS) is 18.3. The van der Waals surface area contributed by atoms with Crippen molar-refractivity contribution in [1.29, 1.82) is 0 Å². The number of aliphatic hydroxyl groups excluding tert-OH is 1. The number of H-pyrrole nitrogens is 1. The van der Waals surface area contributed by atoms with Crippen molar-refractivity contribution < 1.29 is 52.4 Å². The summed E-state index contributed by atoms with van der Waals surface area (Å²) in [5.41, 5.74) is 5.85. The second-order valence-electron chi connectivity index (χ2n) is 12.9. The number of aromatic amines is 1. The van der Waals surface area contributed by atoms with E-state index in [0.29, 0.717) is 44.3 Å². The molecule has 1 fully saturated rings. The zero-order valence-corrected chi connectivity index (χ0v) is 30.9. The number of carbonyl (C=O) groups is 6. The van der Waals surface area contributed by atoms with E-state index >= 15 is 0 Å². The summed E-state index contributed by atoms with van der Waals surface area (Å²) in [5.74, 6) is -4.72. The van der Waals surface area contributed by atoms with E-state index in [2.05, 4.69) is 37.8 Å². The van der Waals surface area contributed by atoms with E-state index in [9.17, 15) is 43.3 Å². The largest absolute Gasteiger partial charge is 0.472 e. The lowest BCUT2D eigenvalue weighted by atomic mass is 10.0. The molecular formula is C32H53N8O11P. The zero-order chi connectivity index (χ0) is 39.0. The van der Waals surface area contributed by atoms with Crippen LogP contribution in [-0.2, 0) is 48.8 Å². The quantitative estimate of drug-likeness (QED) is 0.0391. The number of aliphatic hydroxyl groups is 1. The van der Waals surface area contributed by atoms with Crippen LogP contribution in [0.5, 0.6) is 0 Å². The Morgan fingerprint density at radius 3 is 2.31 bits per heavy atom. The maximum absolute atomic E-state index is 13.6. The molecule has 52 heavy (non-hydrogen) atoms. The summed E-state index contributed by atoms with van der Waals surface area (Å²) >= 11 is 0. The van der Waals surface area contributed by atoms with Gasteiger partial charge in [0.05, 0.1) is 25.6 Å². The third-order valence-corrected chi connectivity index (χ3v) is 9.27. The third kappa shape index (κ3) is 14.5. The van der Waals surface area contributed by atoms with E-state index in [4.69, 9.17) is 14.8 Å². The molecule has 2 heterocycles. The summed E-state index contributed by atoms with van der Waals surface area (Å²) in [4.78, 5) is 96.2. The number of aromatic nitrogens is 2. The van der Waals surface area contributed by atoms with Gasteiger partial charge in [-0.1, -0.05) is 19.9 Å². The van der Waals surface area contributed by atoms with Crippen LogP contribution < -0.4 is 27.0 Å². The summed E-state index contributed by atoms with van der Waals surface area (Å²) < 4.78 is 22.4. The number of imidazole rings is 1.